The van der Waals surface area contributed by atoms with Gasteiger partial charge in [-0.3, -0.25) is 4.68 Å². The first-order chi connectivity index (χ1) is 6.02. The Balaban J connectivity index is 2.76. The van der Waals surface area contributed by atoms with Crippen molar-refractivity contribution in [1.29, 1.82) is 0 Å². The molecule has 1 atom stereocenters. The maximum atomic E-state index is 9.16. The predicted octanol–water partition coefficient (Wildman–Crippen LogP) is 1.80. The predicted molar refractivity (Wildman–Crippen MR) is 55.6 cm³/mol. The number of rotatable bonds is 3. The number of aromatic nitrogens is 2. The van der Waals surface area contributed by atoms with E-state index >= 15 is 0 Å². The maximum absolute atomic E-state index is 9.16. The van der Waals surface area contributed by atoms with Gasteiger partial charge in [-0.25, -0.2) is 0 Å². The van der Waals surface area contributed by atoms with Crippen LogP contribution in [0.25, 0.3) is 0 Å². The Kier molecular flexibility index (Phi) is 3.50. The molecule has 1 N–H and O–H groups in total. The second-order valence-electron chi connectivity index (χ2n) is 3.36. The maximum Gasteiger partial charge on any atom is 0.0738 e. The molecule has 1 heterocycles. The van der Waals surface area contributed by atoms with Crippen LogP contribution in [0.5, 0.6) is 0 Å². The van der Waals surface area contributed by atoms with Gasteiger partial charge >= 0.3 is 0 Å². The number of aryl methyl sites for hydroxylation is 2. The lowest BCUT2D eigenvalue weighted by Gasteiger charge is -2.04. The van der Waals surface area contributed by atoms with Gasteiger partial charge in [0.2, 0.25) is 0 Å². The minimum atomic E-state index is -0.248. The molecular weight excluding hydrogens is 232 g/mol. The van der Waals surface area contributed by atoms with E-state index in [-0.39, 0.29) is 6.10 Å². The zero-order chi connectivity index (χ0) is 10.0. The van der Waals surface area contributed by atoms with Gasteiger partial charge in [0.15, 0.2) is 0 Å². The lowest BCUT2D eigenvalue weighted by Crippen LogP contribution is -2.05. The third kappa shape index (κ3) is 2.54. The van der Waals surface area contributed by atoms with E-state index in [0.29, 0.717) is 0 Å². The zero-order valence-corrected chi connectivity index (χ0v) is 9.80. The van der Waals surface area contributed by atoms with Crippen LogP contribution in [0, 0.1) is 6.92 Å². The largest absolute Gasteiger partial charge is 0.393 e. The second kappa shape index (κ2) is 4.24. The van der Waals surface area contributed by atoms with E-state index in [9.17, 15) is 0 Å². The fourth-order valence-electron chi connectivity index (χ4n) is 1.30. The summed E-state index contributed by atoms with van der Waals surface area (Å²) < 4.78 is 2.93. The summed E-state index contributed by atoms with van der Waals surface area (Å²) in [5, 5.41) is 13.4. The summed E-state index contributed by atoms with van der Waals surface area (Å²) in [7, 11) is 1.93. The average Bonchev–Trinajstić information content (AvgIpc) is 2.24. The van der Waals surface area contributed by atoms with Crippen molar-refractivity contribution in [3.8, 4) is 0 Å². The van der Waals surface area contributed by atoms with Crippen molar-refractivity contribution in [3.05, 3.63) is 15.9 Å². The van der Waals surface area contributed by atoms with Crippen molar-refractivity contribution in [2.24, 2.45) is 7.05 Å². The van der Waals surface area contributed by atoms with Gasteiger partial charge in [-0.05, 0) is 42.6 Å². The lowest BCUT2D eigenvalue weighted by atomic mass is 10.1. The van der Waals surface area contributed by atoms with Gasteiger partial charge in [0.05, 0.1) is 22.0 Å². The minimum absolute atomic E-state index is 0.248. The Morgan fingerprint density at radius 1 is 1.62 bits per heavy atom. The highest BCUT2D eigenvalue weighted by molar-refractivity contribution is 9.10. The highest BCUT2D eigenvalue weighted by Gasteiger charge is 2.10. The Morgan fingerprint density at radius 2 is 2.23 bits per heavy atom. The van der Waals surface area contributed by atoms with Gasteiger partial charge in [0, 0.05) is 7.05 Å². The van der Waals surface area contributed by atoms with E-state index in [0.717, 1.165) is 28.7 Å². The molecule has 4 heteroatoms. The third-order valence-electron chi connectivity index (χ3n) is 2.06. The first kappa shape index (κ1) is 10.7. The second-order valence-corrected chi connectivity index (χ2v) is 4.15. The Bertz CT molecular complexity index is 294. The molecule has 0 saturated heterocycles. The molecule has 0 aliphatic rings. The van der Waals surface area contributed by atoms with E-state index < -0.39 is 0 Å². The number of hydrogen-bond acceptors (Lipinski definition) is 2. The van der Waals surface area contributed by atoms with E-state index in [2.05, 4.69) is 21.0 Å². The molecule has 0 aromatic carbocycles. The smallest absolute Gasteiger partial charge is 0.0738 e. The fourth-order valence-corrected chi connectivity index (χ4v) is 1.83. The molecule has 1 aromatic rings. The fraction of sp³-hybridized carbons (Fsp3) is 0.667. The van der Waals surface area contributed by atoms with Crippen molar-refractivity contribution in [1.82, 2.24) is 9.78 Å². The number of hydrogen-bond donors (Lipinski definition) is 1. The van der Waals surface area contributed by atoms with E-state index in [4.69, 9.17) is 5.11 Å². The van der Waals surface area contributed by atoms with Gasteiger partial charge in [-0.1, -0.05) is 0 Å². The van der Waals surface area contributed by atoms with Crippen LogP contribution in [0.1, 0.15) is 24.7 Å². The standard InChI is InChI=1S/C9H15BrN2O/c1-6(13)4-5-8-9(10)7(2)11-12(8)3/h6,13H,4-5H2,1-3H3. The first-order valence-electron chi connectivity index (χ1n) is 4.38. The van der Waals surface area contributed by atoms with Crippen LogP contribution >= 0.6 is 15.9 Å². The molecule has 0 bridgehead atoms. The monoisotopic (exact) mass is 246 g/mol. The van der Waals surface area contributed by atoms with Crippen LogP contribution < -0.4 is 0 Å². The quantitative estimate of drug-likeness (QED) is 0.884. The Morgan fingerprint density at radius 3 is 2.62 bits per heavy atom. The highest BCUT2D eigenvalue weighted by Crippen LogP contribution is 2.21. The summed E-state index contributed by atoms with van der Waals surface area (Å²) in [6, 6.07) is 0. The van der Waals surface area contributed by atoms with Crippen LogP contribution in [-0.2, 0) is 13.5 Å². The van der Waals surface area contributed by atoms with Crippen molar-refractivity contribution in [2.75, 3.05) is 0 Å². The molecule has 0 saturated carbocycles. The molecule has 3 nitrogen and oxygen atoms in total. The average molecular weight is 247 g/mol. The van der Waals surface area contributed by atoms with Crippen molar-refractivity contribution in [3.63, 3.8) is 0 Å². The van der Waals surface area contributed by atoms with Crippen molar-refractivity contribution >= 4 is 15.9 Å². The molecule has 0 aliphatic carbocycles. The SMILES string of the molecule is Cc1nn(C)c(CCC(C)O)c1Br. The van der Waals surface area contributed by atoms with Crippen molar-refractivity contribution < 1.29 is 5.11 Å². The van der Waals surface area contributed by atoms with Crippen LogP contribution in [0.3, 0.4) is 0 Å². The van der Waals surface area contributed by atoms with Gasteiger partial charge in [-0.2, -0.15) is 5.10 Å². The van der Waals surface area contributed by atoms with Crippen LogP contribution in [0.2, 0.25) is 0 Å². The van der Waals surface area contributed by atoms with E-state index in [1.807, 2.05) is 18.7 Å². The van der Waals surface area contributed by atoms with Gasteiger partial charge < -0.3 is 5.11 Å². The first-order valence-corrected chi connectivity index (χ1v) is 5.17. The summed E-state index contributed by atoms with van der Waals surface area (Å²) in [6.07, 6.45) is 1.38. The molecule has 0 aliphatic heterocycles. The topological polar surface area (TPSA) is 38.0 Å². The number of aliphatic hydroxyl groups is 1. The highest BCUT2D eigenvalue weighted by atomic mass is 79.9. The van der Waals surface area contributed by atoms with Crippen LogP contribution in [-0.4, -0.2) is 21.0 Å². The summed E-state index contributed by atoms with van der Waals surface area (Å²) in [4.78, 5) is 0. The molecule has 0 radical (unpaired) electrons. The molecule has 0 spiro atoms. The van der Waals surface area contributed by atoms with Crippen LogP contribution in [0.4, 0.5) is 0 Å². The Labute approximate surface area is 86.9 Å². The molecule has 1 aromatic heterocycles. The number of aliphatic hydroxyl groups excluding tert-OH is 1. The number of halogens is 1. The Hall–Kier alpha value is -0.350. The van der Waals surface area contributed by atoms with E-state index in [1.165, 1.54) is 0 Å². The third-order valence-corrected chi connectivity index (χ3v) is 3.09. The lowest BCUT2D eigenvalue weighted by molar-refractivity contribution is 0.184. The molecule has 1 rings (SSSR count). The van der Waals surface area contributed by atoms with Crippen LogP contribution in [0.15, 0.2) is 4.47 Å². The number of nitrogens with zero attached hydrogens (tertiary/aromatic N) is 2. The molecule has 0 amide bonds. The van der Waals surface area contributed by atoms with Gasteiger partial charge in [0.1, 0.15) is 0 Å². The van der Waals surface area contributed by atoms with Gasteiger partial charge in [0.25, 0.3) is 0 Å². The van der Waals surface area contributed by atoms with Gasteiger partial charge in [-0.15, -0.1) is 0 Å². The summed E-state index contributed by atoms with van der Waals surface area (Å²) in [6.45, 7) is 3.77. The van der Waals surface area contributed by atoms with E-state index in [1.54, 1.807) is 6.92 Å². The minimum Gasteiger partial charge on any atom is -0.393 e. The molecule has 1 unspecified atom stereocenters. The molecule has 74 valence electrons. The van der Waals surface area contributed by atoms with Crippen molar-refractivity contribution in [2.45, 2.75) is 32.8 Å². The summed E-state index contributed by atoms with van der Waals surface area (Å²) >= 11 is 3.49. The molecule has 13 heavy (non-hydrogen) atoms. The summed E-state index contributed by atoms with van der Waals surface area (Å²) in [5.41, 5.74) is 2.15. The normalized spacial score (nSPS) is 13.3. The summed E-state index contributed by atoms with van der Waals surface area (Å²) in [5.74, 6) is 0. The molecule has 0 fully saturated rings. The molecular formula is C9H15BrN2O. The zero-order valence-electron chi connectivity index (χ0n) is 8.21.